The summed E-state index contributed by atoms with van der Waals surface area (Å²) in [7, 11) is 0. The molecule has 1 aliphatic carbocycles. The van der Waals surface area contributed by atoms with E-state index in [-0.39, 0.29) is 5.69 Å². The Morgan fingerprint density at radius 2 is 2.35 bits per heavy atom. The van der Waals surface area contributed by atoms with Crippen LogP contribution in [0.25, 0.3) is 5.65 Å². The van der Waals surface area contributed by atoms with Gasteiger partial charge >= 0.3 is 5.97 Å². The fourth-order valence-electron chi connectivity index (χ4n) is 3.07. The van der Waals surface area contributed by atoms with Gasteiger partial charge in [0.2, 0.25) is 0 Å². The van der Waals surface area contributed by atoms with Crippen molar-refractivity contribution in [1.29, 1.82) is 0 Å². The van der Waals surface area contributed by atoms with Crippen molar-refractivity contribution in [1.82, 2.24) is 9.38 Å². The molecular formula is C15H19N3O2. The number of aromatic nitrogens is 2. The molecule has 2 unspecified atom stereocenters. The van der Waals surface area contributed by atoms with Gasteiger partial charge in [-0.15, -0.1) is 0 Å². The molecule has 2 aromatic heterocycles. The first-order valence-electron chi connectivity index (χ1n) is 7.09. The lowest BCUT2D eigenvalue weighted by Crippen LogP contribution is -2.14. The van der Waals surface area contributed by atoms with E-state index in [4.69, 9.17) is 0 Å². The zero-order chi connectivity index (χ0) is 14.1. The molecule has 2 N–H and O–H groups in total. The summed E-state index contributed by atoms with van der Waals surface area (Å²) in [5.41, 5.74) is 0.874. The van der Waals surface area contributed by atoms with Crippen LogP contribution in [0, 0.1) is 11.8 Å². The second-order valence-electron chi connectivity index (χ2n) is 5.71. The highest BCUT2D eigenvalue weighted by molar-refractivity contribution is 5.92. The number of carboxylic acids is 1. The summed E-state index contributed by atoms with van der Waals surface area (Å²) in [4.78, 5) is 15.8. The summed E-state index contributed by atoms with van der Waals surface area (Å²) in [5, 5.41) is 12.6. The summed E-state index contributed by atoms with van der Waals surface area (Å²) in [6, 6.07) is 5.48. The van der Waals surface area contributed by atoms with Crippen LogP contribution < -0.4 is 5.32 Å². The van der Waals surface area contributed by atoms with Crippen LogP contribution in [0.1, 0.15) is 36.7 Å². The van der Waals surface area contributed by atoms with Crippen molar-refractivity contribution in [3.63, 3.8) is 0 Å². The monoisotopic (exact) mass is 273 g/mol. The van der Waals surface area contributed by atoms with E-state index in [2.05, 4.69) is 17.2 Å². The van der Waals surface area contributed by atoms with Crippen molar-refractivity contribution in [2.45, 2.75) is 26.2 Å². The molecule has 1 saturated carbocycles. The number of aromatic carboxylic acids is 1. The Morgan fingerprint density at radius 1 is 1.50 bits per heavy atom. The number of hydrogen-bond acceptors (Lipinski definition) is 3. The third kappa shape index (κ3) is 2.35. The van der Waals surface area contributed by atoms with Gasteiger partial charge in [-0.25, -0.2) is 9.78 Å². The summed E-state index contributed by atoms with van der Waals surface area (Å²) in [6.45, 7) is 3.07. The molecular weight excluding hydrogens is 254 g/mol. The van der Waals surface area contributed by atoms with Crippen molar-refractivity contribution >= 4 is 17.4 Å². The highest BCUT2D eigenvalue weighted by atomic mass is 16.4. The number of pyridine rings is 1. The van der Waals surface area contributed by atoms with Gasteiger partial charge in [0.25, 0.3) is 0 Å². The van der Waals surface area contributed by atoms with E-state index in [1.54, 1.807) is 10.6 Å². The standard InChI is InChI=1S/C15H19N3O2/c1-10-5-6-11(8-10)9-16-14-13(15(19)20)18-7-3-2-4-12(18)17-14/h2-4,7,10-11,16H,5-6,8-9H2,1H3,(H,19,20). The molecule has 0 aliphatic heterocycles. The predicted octanol–water partition coefficient (Wildman–Crippen LogP) is 2.88. The molecule has 5 nitrogen and oxygen atoms in total. The number of rotatable bonds is 4. The van der Waals surface area contributed by atoms with Crippen LogP contribution in [0.3, 0.4) is 0 Å². The van der Waals surface area contributed by atoms with E-state index in [1.807, 2.05) is 18.2 Å². The number of nitrogens with one attached hydrogen (secondary N) is 1. The largest absolute Gasteiger partial charge is 0.476 e. The molecule has 0 spiro atoms. The van der Waals surface area contributed by atoms with Crippen LogP contribution in [0.5, 0.6) is 0 Å². The van der Waals surface area contributed by atoms with E-state index < -0.39 is 5.97 Å². The molecule has 20 heavy (non-hydrogen) atoms. The number of fused-ring (bicyclic) bond motifs is 1. The molecule has 0 saturated heterocycles. The summed E-state index contributed by atoms with van der Waals surface area (Å²) >= 11 is 0. The minimum atomic E-state index is -0.953. The molecule has 2 atom stereocenters. The molecule has 3 rings (SSSR count). The van der Waals surface area contributed by atoms with Gasteiger partial charge in [0, 0.05) is 12.7 Å². The topological polar surface area (TPSA) is 66.6 Å². The first-order chi connectivity index (χ1) is 9.65. The van der Waals surface area contributed by atoms with Crippen molar-refractivity contribution in [3.8, 4) is 0 Å². The van der Waals surface area contributed by atoms with Crippen LogP contribution in [0.4, 0.5) is 5.82 Å². The highest BCUT2D eigenvalue weighted by Gasteiger charge is 2.23. The Kier molecular flexibility index (Phi) is 3.34. The number of hydrogen-bond donors (Lipinski definition) is 2. The van der Waals surface area contributed by atoms with Crippen molar-refractivity contribution in [3.05, 3.63) is 30.1 Å². The predicted molar refractivity (Wildman–Crippen MR) is 77.1 cm³/mol. The first-order valence-corrected chi connectivity index (χ1v) is 7.09. The van der Waals surface area contributed by atoms with Gasteiger partial charge in [0.1, 0.15) is 5.65 Å². The van der Waals surface area contributed by atoms with Crippen LogP contribution in [0.2, 0.25) is 0 Å². The van der Waals surface area contributed by atoms with Crippen molar-refractivity contribution in [2.24, 2.45) is 11.8 Å². The molecule has 106 valence electrons. The lowest BCUT2D eigenvalue weighted by atomic mass is 10.1. The maximum atomic E-state index is 11.4. The van der Waals surface area contributed by atoms with Gasteiger partial charge < -0.3 is 10.4 Å². The third-order valence-corrected chi connectivity index (χ3v) is 4.09. The molecule has 0 bridgehead atoms. The zero-order valence-electron chi connectivity index (χ0n) is 11.5. The number of anilines is 1. The van der Waals surface area contributed by atoms with Gasteiger partial charge in [-0.3, -0.25) is 4.40 Å². The molecule has 2 aromatic rings. The average Bonchev–Trinajstić information content (AvgIpc) is 2.99. The Hall–Kier alpha value is -2.04. The zero-order valence-corrected chi connectivity index (χ0v) is 11.5. The third-order valence-electron chi connectivity index (χ3n) is 4.09. The lowest BCUT2D eigenvalue weighted by molar-refractivity contribution is 0.0690. The minimum Gasteiger partial charge on any atom is -0.476 e. The Labute approximate surface area is 117 Å². The molecule has 0 amide bonds. The van der Waals surface area contributed by atoms with Crippen LogP contribution in [-0.2, 0) is 0 Å². The number of imidazole rings is 1. The number of nitrogens with zero attached hydrogens (tertiary/aromatic N) is 2. The van der Waals surface area contributed by atoms with E-state index in [0.29, 0.717) is 17.4 Å². The normalized spacial score (nSPS) is 22.2. The number of carboxylic acid groups (broad SMARTS) is 1. The van der Waals surface area contributed by atoms with Crippen LogP contribution in [-0.4, -0.2) is 27.0 Å². The Bertz CT molecular complexity index is 635. The molecule has 1 fully saturated rings. The van der Waals surface area contributed by atoms with Gasteiger partial charge in [-0.2, -0.15) is 0 Å². The Morgan fingerprint density at radius 3 is 3.05 bits per heavy atom. The van der Waals surface area contributed by atoms with Gasteiger partial charge in [-0.1, -0.05) is 19.4 Å². The molecule has 5 heteroatoms. The van der Waals surface area contributed by atoms with Crippen molar-refractivity contribution < 1.29 is 9.90 Å². The average molecular weight is 273 g/mol. The minimum absolute atomic E-state index is 0.214. The van der Waals surface area contributed by atoms with E-state index in [9.17, 15) is 9.90 Å². The van der Waals surface area contributed by atoms with Gasteiger partial charge in [0.05, 0.1) is 0 Å². The van der Waals surface area contributed by atoms with E-state index in [1.165, 1.54) is 19.3 Å². The molecule has 0 radical (unpaired) electrons. The summed E-state index contributed by atoms with van der Waals surface area (Å²) < 4.78 is 1.61. The highest BCUT2D eigenvalue weighted by Crippen LogP contribution is 2.30. The fraction of sp³-hybridized carbons (Fsp3) is 0.467. The second kappa shape index (κ2) is 5.15. The first kappa shape index (κ1) is 13.0. The molecule has 1 aliphatic rings. The van der Waals surface area contributed by atoms with Gasteiger partial charge in [-0.05, 0) is 36.8 Å². The van der Waals surface area contributed by atoms with Crippen LogP contribution in [0.15, 0.2) is 24.4 Å². The molecule has 0 aromatic carbocycles. The summed E-state index contributed by atoms with van der Waals surface area (Å²) in [5.74, 6) is 0.924. The fourth-order valence-corrected chi connectivity index (χ4v) is 3.07. The lowest BCUT2D eigenvalue weighted by Gasteiger charge is -2.10. The van der Waals surface area contributed by atoms with Gasteiger partial charge in [0.15, 0.2) is 11.5 Å². The van der Waals surface area contributed by atoms with Crippen molar-refractivity contribution in [2.75, 3.05) is 11.9 Å². The quantitative estimate of drug-likeness (QED) is 0.899. The number of carbonyl (C=O) groups is 1. The maximum Gasteiger partial charge on any atom is 0.356 e. The van der Waals surface area contributed by atoms with Crippen LogP contribution >= 0.6 is 0 Å². The summed E-state index contributed by atoms with van der Waals surface area (Å²) in [6.07, 6.45) is 5.42. The second-order valence-corrected chi connectivity index (χ2v) is 5.71. The SMILES string of the molecule is CC1CCC(CNc2nc3ccccn3c2C(=O)O)C1. The Balaban J connectivity index is 1.83. The van der Waals surface area contributed by atoms with E-state index in [0.717, 1.165) is 12.5 Å². The smallest absolute Gasteiger partial charge is 0.356 e. The van der Waals surface area contributed by atoms with E-state index >= 15 is 0 Å². The maximum absolute atomic E-state index is 11.4. The molecule has 2 heterocycles.